The Bertz CT molecular complexity index is 529. The van der Waals surface area contributed by atoms with Crippen molar-refractivity contribution in [2.75, 3.05) is 13.1 Å². The molecule has 1 aromatic carbocycles. The van der Waals surface area contributed by atoms with Gasteiger partial charge in [0.05, 0.1) is 6.04 Å². The summed E-state index contributed by atoms with van der Waals surface area (Å²) in [5, 5.41) is 4.47. The highest BCUT2D eigenvalue weighted by Gasteiger charge is 2.13. The first-order valence-electron chi connectivity index (χ1n) is 6.16. The number of hydrogen-bond acceptors (Lipinski definition) is 3. The first kappa shape index (κ1) is 12.7. The topological polar surface area (TPSA) is 51.2 Å². The predicted molar refractivity (Wildman–Crippen MR) is 74.1 cm³/mol. The molecule has 3 N–H and O–H groups in total. The Morgan fingerprint density at radius 1 is 1.39 bits per heavy atom. The van der Waals surface area contributed by atoms with E-state index in [1.807, 2.05) is 37.3 Å². The van der Waals surface area contributed by atoms with E-state index < -0.39 is 0 Å². The van der Waals surface area contributed by atoms with Crippen LogP contribution in [0, 0.1) is 11.8 Å². The second-order valence-corrected chi connectivity index (χ2v) is 4.11. The second kappa shape index (κ2) is 6.25. The number of nitrogens with one attached hydrogen (secondary N) is 1. The Hall–Kier alpha value is -1.76. The monoisotopic (exact) mass is 242 g/mol. The Morgan fingerprint density at radius 2 is 2.22 bits per heavy atom. The van der Waals surface area contributed by atoms with E-state index in [1.54, 1.807) is 0 Å². The van der Waals surface area contributed by atoms with Crippen LogP contribution in [0.4, 0.5) is 0 Å². The summed E-state index contributed by atoms with van der Waals surface area (Å²) in [4.78, 5) is 0. The van der Waals surface area contributed by atoms with Gasteiger partial charge in [0.15, 0.2) is 0 Å². The molecule has 0 aliphatic rings. The van der Waals surface area contributed by atoms with Gasteiger partial charge < -0.3 is 15.5 Å². The third kappa shape index (κ3) is 2.92. The zero-order chi connectivity index (χ0) is 12.8. The van der Waals surface area contributed by atoms with Crippen LogP contribution >= 0.6 is 0 Å². The summed E-state index contributed by atoms with van der Waals surface area (Å²) in [5.41, 5.74) is 6.69. The number of hydrogen-bond donors (Lipinski definition) is 2. The van der Waals surface area contributed by atoms with Gasteiger partial charge in [-0.15, -0.1) is 11.8 Å². The molecule has 0 aliphatic carbocycles. The minimum absolute atomic E-state index is 0.0519. The van der Waals surface area contributed by atoms with Crippen LogP contribution in [-0.2, 0) is 0 Å². The number of furan rings is 1. The maximum Gasteiger partial charge on any atom is 0.134 e. The zero-order valence-corrected chi connectivity index (χ0v) is 10.6. The van der Waals surface area contributed by atoms with Crippen LogP contribution in [0.25, 0.3) is 11.0 Å². The molecule has 1 unspecified atom stereocenters. The van der Waals surface area contributed by atoms with Crippen LogP contribution in [0.3, 0.4) is 0 Å². The Labute approximate surface area is 107 Å². The number of benzene rings is 1. The summed E-state index contributed by atoms with van der Waals surface area (Å²) in [6.45, 7) is 3.18. The molecule has 0 aliphatic heterocycles. The summed E-state index contributed by atoms with van der Waals surface area (Å²) < 4.78 is 5.80. The van der Waals surface area contributed by atoms with E-state index in [0.717, 1.165) is 29.7 Å². The summed E-state index contributed by atoms with van der Waals surface area (Å²) in [6.07, 6.45) is 0.827. The van der Waals surface area contributed by atoms with Crippen LogP contribution < -0.4 is 11.1 Å². The largest absolute Gasteiger partial charge is 0.459 e. The molecule has 0 radical (unpaired) electrons. The highest BCUT2D eigenvalue weighted by Crippen LogP contribution is 2.23. The number of rotatable bonds is 5. The van der Waals surface area contributed by atoms with Gasteiger partial charge in [0.1, 0.15) is 11.3 Å². The fourth-order valence-electron chi connectivity index (χ4n) is 1.91. The zero-order valence-electron chi connectivity index (χ0n) is 10.6. The molecule has 3 nitrogen and oxygen atoms in total. The number of nitrogens with two attached hydrogens (primary N) is 1. The molecular weight excluding hydrogens is 224 g/mol. The maximum absolute atomic E-state index is 5.80. The Balaban J connectivity index is 2.08. The molecule has 1 heterocycles. The van der Waals surface area contributed by atoms with Gasteiger partial charge in [-0.2, -0.15) is 0 Å². The molecular formula is C15H18N2O. The van der Waals surface area contributed by atoms with Gasteiger partial charge in [-0.1, -0.05) is 18.2 Å². The van der Waals surface area contributed by atoms with Crippen molar-refractivity contribution < 1.29 is 4.42 Å². The lowest BCUT2D eigenvalue weighted by Crippen LogP contribution is -2.28. The third-order valence-corrected chi connectivity index (χ3v) is 2.84. The number of para-hydroxylation sites is 1. The second-order valence-electron chi connectivity index (χ2n) is 4.11. The van der Waals surface area contributed by atoms with Crippen molar-refractivity contribution >= 4 is 11.0 Å². The average molecular weight is 242 g/mol. The quantitative estimate of drug-likeness (QED) is 0.625. The fourth-order valence-corrected chi connectivity index (χ4v) is 1.91. The van der Waals surface area contributed by atoms with Gasteiger partial charge in [-0.25, -0.2) is 0 Å². The van der Waals surface area contributed by atoms with Crippen molar-refractivity contribution in [3.63, 3.8) is 0 Å². The van der Waals surface area contributed by atoms with E-state index in [0.29, 0.717) is 6.54 Å². The first-order chi connectivity index (χ1) is 8.85. The van der Waals surface area contributed by atoms with Crippen molar-refractivity contribution in [1.82, 2.24) is 5.32 Å². The molecule has 3 heteroatoms. The van der Waals surface area contributed by atoms with Crippen molar-refractivity contribution in [3.8, 4) is 11.8 Å². The molecule has 1 atom stereocenters. The van der Waals surface area contributed by atoms with E-state index in [4.69, 9.17) is 10.2 Å². The lowest BCUT2D eigenvalue weighted by atomic mass is 10.2. The summed E-state index contributed by atoms with van der Waals surface area (Å²) in [6, 6.07) is 10.1. The molecule has 0 amide bonds. The molecule has 0 fully saturated rings. The standard InChI is InChI=1S/C15H18N2O/c1-2-3-6-9-17-13(11-16)15-10-12-7-4-5-8-14(12)18-15/h4-5,7-8,10,13,17H,6,9,11,16H2,1H3. The van der Waals surface area contributed by atoms with Gasteiger partial charge in [0, 0.05) is 24.9 Å². The van der Waals surface area contributed by atoms with E-state index in [1.165, 1.54) is 0 Å². The van der Waals surface area contributed by atoms with Crippen molar-refractivity contribution in [1.29, 1.82) is 0 Å². The van der Waals surface area contributed by atoms with Gasteiger partial charge in [0.25, 0.3) is 0 Å². The molecule has 0 saturated carbocycles. The summed E-state index contributed by atoms with van der Waals surface area (Å²) in [5.74, 6) is 6.79. The normalized spacial score (nSPS) is 12.1. The molecule has 0 bridgehead atoms. The van der Waals surface area contributed by atoms with Gasteiger partial charge in [-0.05, 0) is 19.1 Å². The van der Waals surface area contributed by atoms with Gasteiger partial charge in [-0.3, -0.25) is 0 Å². The van der Waals surface area contributed by atoms with E-state index in [2.05, 4.69) is 17.2 Å². The fraction of sp³-hybridized carbons (Fsp3) is 0.333. The third-order valence-electron chi connectivity index (χ3n) is 2.84. The maximum atomic E-state index is 5.80. The highest BCUT2D eigenvalue weighted by atomic mass is 16.3. The van der Waals surface area contributed by atoms with Crippen LogP contribution in [0.2, 0.25) is 0 Å². The van der Waals surface area contributed by atoms with Crippen molar-refractivity contribution in [2.24, 2.45) is 5.73 Å². The molecule has 2 rings (SSSR count). The van der Waals surface area contributed by atoms with Crippen LogP contribution in [0.15, 0.2) is 34.7 Å². The van der Waals surface area contributed by atoms with E-state index in [9.17, 15) is 0 Å². The number of fused-ring (bicyclic) bond motifs is 1. The van der Waals surface area contributed by atoms with Gasteiger partial charge >= 0.3 is 0 Å². The summed E-state index contributed by atoms with van der Waals surface area (Å²) in [7, 11) is 0. The molecule has 2 aromatic rings. The molecule has 0 saturated heterocycles. The summed E-state index contributed by atoms with van der Waals surface area (Å²) >= 11 is 0. The van der Waals surface area contributed by atoms with Crippen LogP contribution in [-0.4, -0.2) is 13.1 Å². The molecule has 18 heavy (non-hydrogen) atoms. The minimum Gasteiger partial charge on any atom is -0.459 e. The van der Waals surface area contributed by atoms with Crippen molar-refractivity contribution in [2.45, 2.75) is 19.4 Å². The van der Waals surface area contributed by atoms with Crippen LogP contribution in [0.5, 0.6) is 0 Å². The SMILES string of the molecule is CC#CCCNC(CN)c1cc2ccccc2o1. The predicted octanol–water partition coefficient (Wildman–Crippen LogP) is 2.44. The lowest BCUT2D eigenvalue weighted by molar-refractivity contribution is 0.439. The van der Waals surface area contributed by atoms with Gasteiger partial charge in [0.2, 0.25) is 0 Å². The molecule has 0 spiro atoms. The van der Waals surface area contributed by atoms with E-state index >= 15 is 0 Å². The Morgan fingerprint density at radius 3 is 2.94 bits per heavy atom. The van der Waals surface area contributed by atoms with E-state index in [-0.39, 0.29) is 6.04 Å². The lowest BCUT2D eigenvalue weighted by Gasteiger charge is -2.12. The Kier molecular flexibility index (Phi) is 4.40. The average Bonchev–Trinajstić information content (AvgIpc) is 2.82. The molecule has 1 aromatic heterocycles. The smallest absolute Gasteiger partial charge is 0.134 e. The highest BCUT2D eigenvalue weighted by molar-refractivity contribution is 5.77. The first-order valence-corrected chi connectivity index (χ1v) is 6.16. The van der Waals surface area contributed by atoms with Crippen molar-refractivity contribution in [3.05, 3.63) is 36.1 Å². The molecule has 94 valence electrons. The minimum atomic E-state index is 0.0519. The van der Waals surface area contributed by atoms with Crippen LogP contribution in [0.1, 0.15) is 25.1 Å².